The lowest BCUT2D eigenvalue weighted by molar-refractivity contribution is -0.131. The summed E-state index contributed by atoms with van der Waals surface area (Å²) in [5.41, 5.74) is 1.30. The molecule has 136 valence electrons. The Morgan fingerprint density at radius 3 is 2.88 bits per heavy atom. The first kappa shape index (κ1) is 17.0. The second kappa shape index (κ2) is 6.39. The number of pyridine rings is 1. The van der Waals surface area contributed by atoms with Gasteiger partial charge in [0.15, 0.2) is 0 Å². The smallest absolute Gasteiger partial charge is 0.261 e. The quantitative estimate of drug-likeness (QED) is 0.648. The van der Waals surface area contributed by atoms with Gasteiger partial charge in [0.1, 0.15) is 12.7 Å². The SMILES string of the molecule is Cn1cc(-n2cc(Br)c3c(=O)n(CC(=O)N4CCC(F)C4)ccc32)cn1. The minimum atomic E-state index is -0.971. The van der Waals surface area contributed by atoms with Crippen LogP contribution in [0.4, 0.5) is 4.39 Å². The first-order valence-electron chi connectivity index (χ1n) is 8.25. The third kappa shape index (κ3) is 2.86. The fourth-order valence-electron chi connectivity index (χ4n) is 3.30. The first-order valence-corrected chi connectivity index (χ1v) is 9.04. The van der Waals surface area contributed by atoms with E-state index in [1.165, 1.54) is 9.47 Å². The van der Waals surface area contributed by atoms with Crippen LogP contribution >= 0.6 is 15.9 Å². The molecular formula is C17H17BrFN5O2. The van der Waals surface area contributed by atoms with E-state index in [9.17, 15) is 14.0 Å². The monoisotopic (exact) mass is 421 g/mol. The second-order valence-corrected chi connectivity index (χ2v) is 7.31. The van der Waals surface area contributed by atoms with Gasteiger partial charge in [-0.2, -0.15) is 5.10 Å². The maximum Gasteiger partial charge on any atom is 0.261 e. The van der Waals surface area contributed by atoms with Gasteiger partial charge in [-0.05, 0) is 28.4 Å². The molecule has 1 unspecified atom stereocenters. The van der Waals surface area contributed by atoms with Crippen molar-refractivity contribution in [3.8, 4) is 5.69 Å². The molecule has 4 heterocycles. The summed E-state index contributed by atoms with van der Waals surface area (Å²) in [7, 11) is 1.82. The summed E-state index contributed by atoms with van der Waals surface area (Å²) in [6.07, 6.45) is 6.36. The number of fused-ring (bicyclic) bond motifs is 1. The maximum absolute atomic E-state index is 13.3. The van der Waals surface area contributed by atoms with Gasteiger partial charge in [-0.3, -0.25) is 14.3 Å². The molecule has 0 bridgehead atoms. The molecule has 4 rings (SSSR count). The van der Waals surface area contributed by atoms with Crippen molar-refractivity contribution in [2.75, 3.05) is 13.1 Å². The van der Waals surface area contributed by atoms with Gasteiger partial charge in [-0.1, -0.05) is 0 Å². The summed E-state index contributed by atoms with van der Waals surface area (Å²) in [5.74, 6) is -0.241. The summed E-state index contributed by atoms with van der Waals surface area (Å²) in [6, 6.07) is 1.80. The lowest BCUT2D eigenvalue weighted by Crippen LogP contribution is -2.35. The average Bonchev–Trinajstić information content (AvgIpc) is 3.29. The van der Waals surface area contributed by atoms with Gasteiger partial charge in [-0.25, -0.2) is 4.39 Å². The van der Waals surface area contributed by atoms with Crippen molar-refractivity contribution in [1.82, 2.24) is 23.8 Å². The predicted molar refractivity (Wildman–Crippen MR) is 98.1 cm³/mol. The van der Waals surface area contributed by atoms with Crippen LogP contribution in [0.1, 0.15) is 6.42 Å². The third-order valence-electron chi connectivity index (χ3n) is 4.64. The highest BCUT2D eigenvalue weighted by molar-refractivity contribution is 9.10. The highest BCUT2D eigenvalue weighted by atomic mass is 79.9. The number of halogens is 2. The van der Waals surface area contributed by atoms with Crippen molar-refractivity contribution in [2.45, 2.75) is 19.1 Å². The summed E-state index contributed by atoms with van der Waals surface area (Å²) < 4.78 is 18.9. The summed E-state index contributed by atoms with van der Waals surface area (Å²) in [4.78, 5) is 26.7. The van der Waals surface area contributed by atoms with Crippen LogP contribution in [-0.2, 0) is 18.4 Å². The van der Waals surface area contributed by atoms with Crippen LogP contribution in [0.2, 0.25) is 0 Å². The Labute approximate surface area is 156 Å². The first-order chi connectivity index (χ1) is 12.4. The molecule has 1 aliphatic heterocycles. The van der Waals surface area contributed by atoms with Crippen LogP contribution in [0.5, 0.6) is 0 Å². The van der Waals surface area contributed by atoms with Gasteiger partial charge < -0.3 is 14.0 Å². The molecule has 7 nitrogen and oxygen atoms in total. The predicted octanol–water partition coefficient (Wildman–Crippen LogP) is 1.86. The molecule has 26 heavy (non-hydrogen) atoms. The largest absolute Gasteiger partial charge is 0.338 e. The molecule has 3 aromatic heterocycles. The topological polar surface area (TPSA) is 65.1 Å². The van der Waals surface area contributed by atoms with E-state index >= 15 is 0 Å². The Kier molecular flexibility index (Phi) is 4.18. The van der Waals surface area contributed by atoms with E-state index in [4.69, 9.17) is 0 Å². The molecule has 0 saturated carbocycles. The molecule has 1 aliphatic rings. The van der Waals surface area contributed by atoms with Crippen LogP contribution < -0.4 is 5.56 Å². The summed E-state index contributed by atoms with van der Waals surface area (Å²) in [5, 5.41) is 4.65. The molecule has 1 atom stereocenters. The number of hydrogen-bond donors (Lipinski definition) is 0. The van der Waals surface area contributed by atoms with Gasteiger partial charge in [0.05, 0.1) is 29.3 Å². The maximum atomic E-state index is 13.3. The van der Waals surface area contributed by atoms with Crippen LogP contribution in [-0.4, -0.2) is 49.0 Å². The molecule has 0 aliphatic carbocycles. The van der Waals surface area contributed by atoms with E-state index in [1.807, 2.05) is 24.0 Å². The van der Waals surface area contributed by atoms with Gasteiger partial charge >= 0.3 is 0 Å². The number of nitrogens with zero attached hydrogens (tertiary/aromatic N) is 5. The minimum Gasteiger partial charge on any atom is -0.338 e. The van der Waals surface area contributed by atoms with E-state index in [0.29, 0.717) is 22.8 Å². The van der Waals surface area contributed by atoms with Crippen LogP contribution in [0.3, 0.4) is 0 Å². The number of aromatic nitrogens is 4. The number of amides is 1. The molecule has 0 spiro atoms. The van der Waals surface area contributed by atoms with Crippen molar-refractivity contribution >= 4 is 32.7 Å². The highest BCUT2D eigenvalue weighted by Gasteiger charge is 2.26. The van der Waals surface area contributed by atoms with Gasteiger partial charge in [0.2, 0.25) is 5.91 Å². The van der Waals surface area contributed by atoms with Gasteiger partial charge in [0, 0.05) is 36.7 Å². The lowest BCUT2D eigenvalue weighted by atomic mass is 10.3. The van der Waals surface area contributed by atoms with E-state index < -0.39 is 6.17 Å². The van der Waals surface area contributed by atoms with Crippen LogP contribution in [0.25, 0.3) is 16.6 Å². The standard InChI is InChI=1S/C17H17BrFN5O2/c1-21-8-12(6-20-21)24-9-13(18)16-14(24)3-5-23(17(16)26)10-15(25)22-4-2-11(19)7-22/h3,5-6,8-9,11H,2,4,7,10H2,1H3. The number of carbonyl (C=O) groups excluding carboxylic acids is 1. The fraction of sp³-hybridized carbons (Fsp3) is 0.353. The number of hydrogen-bond acceptors (Lipinski definition) is 3. The number of carbonyl (C=O) groups is 1. The lowest BCUT2D eigenvalue weighted by Gasteiger charge is -2.16. The van der Waals surface area contributed by atoms with Crippen LogP contribution in [0, 0.1) is 0 Å². The molecule has 0 radical (unpaired) electrons. The van der Waals surface area contributed by atoms with Gasteiger partial charge in [-0.15, -0.1) is 0 Å². The number of aryl methyl sites for hydroxylation is 1. The Morgan fingerprint density at radius 1 is 1.42 bits per heavy atom. The molecule has 3 aromatic rings. The Hall–Kier alpha value is -2.42. The van der Waals surface area contributed by atoms with Crippen LogP contribution in [0.15, 0.2) is 40.1 Å². The molecule has 1 fully saturated rings. The molecule has 0 aromatic carbocycles. The summed E-state index contributed by atoms with van der Waals surface area (Å²) in [6.45, 7) is 0.418. The van der Waals surface area contributed by atoms with Crippen molar-refractivity contribution in [3.05, 3.63) is 45.7 Å². The van der Waals surface area contributed by atoms with E-state index in [-0.39, 0.29) is 24.6 Å². The Morgan fingerprint density at radius 2 is 2.23 bits per heavy atom. The molecule has 1 saturated heterocycles. The zero-order valence-electron chi connectivity index (χ0n) is 14.1. The Balaban J connectivity index is 1.70. The van der Waals surface area contributed by atoms with E-state index in [1.54, 1.807) is 23.1 Å². The number of likely N-dealkylation sites (tertiary alicyclic amines) is 1. The highest BCUT2D eigenvalue weighted by Crippen LogP contribution is 2.26. The zero-order chi connectivity index (χ0) is 18.4. The molecule has 1 amide bonds. The average molecular weight is 422 g/mol. The van der Waals surface area contributed by atoms with E-state index in [2.05, 4.69) is 21.0 Å². The third-order valence-corrected chi connectivity index (χ3v) is 5.24. The molecule has 9 heteroatoms. The zero-order valence-corrected chi connectivity index (χ0v) is 15.7. The number of alkyl halides is 1. The van der Waals surface area contributed by atoms with Crippen molar-refractivity contribution in [1.29, 1.82) is 0 Å². The molecule has 0 N–H and O–H groups in total. The molecular weight excluding hydrogens is 405 g/mol. The second-order valence-electron chi connectivity index (χ2n) is 6.45. The normalized spacial score (nSPS) is 17.3. The number of rotatable bonds is 3. The van der Waals surface area contributed by atoms with E-state index in [0.717, 1.165) is 11.2 Å². The summed E-state index contributed by atoms with van der Waals surface area (Å²) >= 11 is 3.44. The van der Waals surface area contributed by atoms with Crippen molar-refractivity contribution < 1.29 is 9.18 Å². The van der Waals surface area contributed by atoms with Crippen molar-refractivity contribution in [2.24, 2.45) is 7.05 Å². The van der Waals surface area contributed by atoms with Crippen molar-refractivity contribution in [3.63, 3.8) is 0 Å². The van der Waals surface area contributed by atoms with Gasteiger partial charge in [0.25, 0.3) is 5.56 Å². The minimum absolute atomic E-state index is 0.0913. The fourth-order valence-corrected chi connectivity index (χ4v) is 3.88. The Bertz CT molecular complexity index is 1050.